The summed E-state index contributed by atoms with van der Waals surface area (Å²) in [5.74, 6) is -0.865. The Bertz CT molecular complexity index is 197. The molecule has 5 heteroatoms. The molecule has 0 aromatic carbocycles. The van der Waals surface area contributed by atoms with E-state index < -0.39 is 5.97 Å². The number of hydrogen-bond donors (Lipinski definition) is 2. The lowest BCUT2D eigenvalue weighted by Gasteiger charge is -2.00. The van der Waals surface area contributed by atoms with Crippen LogP contribution in [0.2, 0.25) is 0 Å². The predicted molar refractivity (Wildman–Crippen MR) is 58.6 cm³/mol. The summed E-state index contributed by atoms with van der Waals surface area (Å²) >= 11 is 5.11. The van der Waals surface area contributed by atoms with Gasteiger partial charge < -0.3 is 5.11 Å². The summed E-state index contributed by atoms with van der Waals surface area (Å²) in [6.45, 7) is 0. The average Bonchev–Trinajstić information content (AvgIpc) is 2.21. The molecule has 0 aromatic rings. The highest BCUT2D eigenvalue weighted by Gasteiger charge is 1.99. The molecule has 0 heterocycles. The molecule has 2 N–H and O–H groups in total. The minimum absolute atomic E-state index is 0.137. The maximum Gasteiger partial charge on any atom is 0.303 e. The third-order valence-electron chi connectivity index (χ3n) is 2.15. The first-order chi connectivity index (χ1) is 7.16. The molecule has 0 aromatic heterocycles. The lowest BCUT2D eigenvalue weighted by Crippen LogP contribution is -2.11. The highest BCUT2D eigenvalue weighted by Crippen LogP contribution is 2.08. The summed E-state index contributed by atoms with van der Waals surface area (Å²) in [5, 5.41) is 8.39. The van der Waals surface area contributed by atoms with Crippen molar-refractivity contribution in [2.45, 2.75) is 51.4 Å². The maximum atomic E-state index is 10.7. The van der Waals surface area contributed by atoms with E-state index in [2.05, 4.69) is 4.84 Å². The van der Waals surface area contributed by atoms with Crippen LogP contribution in [0.4, 0.5) is 0 Å². The first-order valence-corrected chi connectivity index (χ1v) is 5.66. The Morgan fingerprint density at radius 3 is 1.87 bits per heavy atom. The largest absolute Gasteiger partial charge is 0.481 e. The number of unbranched alkanes of at least 4 members (excludes halogenated alkanes) is 5. The van der Waals surface area contributed by atoms with Crippen LogP contribution in [0.25, 0.3) is 0 Å². The van der Waals surface area contributed by atoms with E-state index in [9.17, 15) is 9.59 Å². The number of carboxylic acids is 1. The molecule has 15 heavy (non-hydrogen) atoms. The summed E-state index contributed by atoms with van der Waals surface area (Å²) in [6.07, 6.45) is 6.36. The fourth-order valence-electron chi connectivity index (χ4n) is 1.32. The number of aliphatic carboxylic acids is 1. The minimum Gasteiger partial charge on any atom is -0.481 e. The molecule has 0 fully saturated rings. The first-order valence-electron chi connectivity index (χ1n) is 5.28. The monoisotopic (exact) mass is 235 g/mol. The van der Waals surface area contributed by atoms with Gasteiger partial charge in [0.2, 0.25) is 5.91 Å². The fraction of sp³-hybridized carbons (Fsp3) is 0.800. The normalized spacial score (nSPS) is 9.93. The van der Waals surface area contributed by atoms with Gasteiger partial charge in [0.1, 0.15) is 0 Å². The van der Waals surface area contributed by atoms with Crippen LogP contribution in [-0.2, 0) is 9.59 Å². The lowest BCUT2D eigenvalue weighted by atomic mass is 10.1. The SMILES string of the molecule is O=C(O)CCCCCCCCC(=O)NCl. The van der Waals surface area contributed by atoms with Gasteiger partial charge in [0, 0.05) is 24.6 Å². The van der Waals surface area contributed by atoms with Gasteiger partial charge in [-0.15, -0.1) is 0 Å². The van der Waals surface area contributed by atoms with E-state index in [1.54, 1.807) is 0 Å². The van der Waals surface area contributed by atoms with Crippen LogP contribution < -0.4 is 4.84 Å². The number of carbonyl (C=O) groups excluding carboxylic acids is 1. The van der Waals surface area contributed by atoms with Crippen molar-refractivity contribution in [3.05, 3.63) is 0 Å². The molecule has 0 aliphatic heterocycles. The third kappa shape index (κ3) is 11.2. The maximum absolute atomic E-state index is 10.7. The summed E-state index contributed by atoms with van der Waals surface area (Å²) in [7, 11) is 0. The van der Waals surface area contributed by atoms with Crippen molar-refractivity contribution in [1.29, 1.82) is 0 Å². The highest BCUT2D eigenvalue weighted by atomic mass is 35.5. The molecular weight excluding hydrogens is 218 g/mol. The van der Waals surface area contributed by atoms with Crippen molar-refractivity contribution in [3.8, 4) is 0 Å². The summed E-state index contributed by atoms with van der Waals surface area (Å²) in [6, 6.07) is 0. The Labute approximate surface area is 95.1 Å². The quantitative estimate of drug-likeness (QED) is 0.477. The summed E-state index contributed by atoms with van der Waals surface area (Å²) < 4.78 is 0. The molecule has 0 aliphatic carbocycles. The summed E-state index contributed by atoms with van der Waals surface area (Å²) in [4.78, 5) is 23.0. The van der Waals surface area contributed by atoms with Gasteiger partial charge in [-0.3, -0.25) is 14.4 Å². The molecular formula is C10H18ClNO3. The van der Waals surface area contributed by atoms with Crippen molar-refractivity contribution in [2.75, 3.05) is 0 Å². The molecule has 0 radical (unpaired) electrons. The Morgan fingerprint density at radius 2 is 1.40 bits per heavy atom. The molecule has 88 valence electrons. The molecule has 1 amide bonds. The summed E-state index contributed by atoms with van der Waals surface area (Å²) in [5.41, 5.74) is 0. The molecule has 0 saturated heterocycles. The molecule has 0 saturated carbocycles. The third-order valence-corrected chi connectivity index (χ3v) is 2.36. The van der Waals surface area contributed by atoms with Crippen LogP contribution in [-0.4, -0.2) is 17.0 Å². The number of hydrogen-bond acceptors (Lipinski definition) is 2. The van der Waals surface area contributed by atoms with Crippen LogP contribution >= 0.6 is 11.8 Å². The van der Waals surface area contributed by atoms with Crippen molar-refractivity contribution in [1.82, 2.24) is 4.84 Å². The van der Waals surface area contributed by atoms with Crippen LogP contribution in [0.15, 0.2) is 0 Å². The van der Waals surface area contributed by atoms with Crippen molar-refractivity contribution < 1.29 is 14.7 Å². The Morgan fingerprint density at radius 1 is 0.933 bits per heavy atom. The molecule has 0 unspecified atom stereocenters. The number of halogens is 1. The standard InChI is InChI=1S/C10H18ClNO3/c11-12-9(13)7-5-3-1-2-4-6-8-10(14)15/h1-8H2,(H,12,13)(H,14,15). The van der Waals surface area contributed by atoms with Gasteiger partial charge in [-0.2, -0.15) is 0 Å². The lowest BCUT2D eigenvalue weighted by molar-refractivity contribution is -0.137. The van der Waals surface area contributed by atoms with Crippen molar-refractivity contribution in [2.24, 2.45) is 0 Å². The number of nitrogens with one attached hydrogen (secondary N) is 1. The second-order valence-electron chi connectivity index (χ2n) is 3.53. The molecule has 0 spiro atoms. The number of rotatable bonds is 9. The van der Waals surface area contributed by atoms with E-state index >= 15 is 0 Å². The van der Waals surface area contributed by atoms with E-state index in [1.807, 2.05) is 0 Å². The first kappa shape index (κ1) is 14.2. The smallest absolute Gasteiger partial charge is 0.303 e. The number of amides is 1. The van der Waals surface area contributed by atoms with Gasteiger partial charge >= 0.3 is 5.97 Å². The zero-order valence-electron chi connectivity index (χ0n) is 8.80. The Balaban J connectivity index is 3.05. The van der Waals surface area contributed by atoms with Gasteiger partial charge in [0.15, 0.2) is 0 Å². The zero-order valence-corrected chi connectivity index (χ0v) is 9.55. The minimum atomic E-state index is -0.728. The second-order valence-corrected chi connectivity index (χ2v) is 3.72. The molecule has 0 aliphatic rings. The molecule has 0 atom stereocenters. The zero-order chi connectivity index (χ0) is 11.5. The van der Waals surface area contributed by atoms with Crippen LogP contribution in [0.5, 0.6) is 0 Å². The second kappa shape index (κ2) is 9.77. The average molecular weight is 236 g/mol. The van der Waals surface area contributed by atoms with Crippen molar-refractivity contribution >= 4 is 23.7 Å². The van der Waals surface area contributed by atoms with Gasteiger partial charge in [-0.05, 0) is 12.8 Å². The fourth-order valence-corrected chi connectivity index (χ4v) is 1.41. The van der Waals surface area contributed by atoms with E-state index in [1.165, 1.54) is 0 Å². The van der Waals surface area contributed by atoms with Crippen LogP contribution in [0.3, 0.4) is 0 Å². The van der Waals surface area contributed by atoms with Crippen molar-refractivity contribution in [3.63, 3.8) is 0 Å². The van der Waals surface area contributed by atoms with Gasteiger partial charge in [-0.25, -0.2) is 0 Å². The van der Waals surface area contributed by atoms with E-state index in [-0.39, 0.29) is 12.3 Å². The molecule has 4 nitrogen and oxygen atoms in total. The van der Waals surface area contributed by atoms with Gasteiger partial charge in [0.25, 0.3) is 0 Å². The Hall–Kier alpha value is -0.770. The van der Waals surface area contributed by atoms with Gasteiger partial charge in [0.05, 0.1) is 0 Å². The number of carboxylic acid groups (broad SMARTS) is 1. The van der Waals surface area contributed by atoms with E-state index in [0.29, 0.717) is 6.42 Å². The molecule has 0 rings (SSSR count). The Kier molecular flexibility index (Phi) is 9.27. The number of carbonyl (C=O) groups is 2. The van der Waals surface area contributed by atoms with Crippen LogP contribution in [0.1, 0.15) is 51.4 Å². The van der Waals surface area contributed by atoms with Crippen LogP contribution in [0, 0.1) is 0 Å². The topological polar surface area (TPSA) is 66.4 Å². The van der Waals surface area contributed by atoms with E-state index in [4.69, 9.17) is 16.9 Å². The van der Waals surface area contributed by atoms with Gasteiger partial charge in [-0.1, -0.05) is 25.7 Å². The van der Waals surface area contributed by atoms with E-state index in [0.717, 1.165) is 38.5 Å². The molecule has 0 bridgehead atoms. The highest BCUT2D eigenvalue weighted by molar-refractivity contribution is 6.21. The predicted octanol–water partition coefficient (Wildman–Crippen LogP) is 2.46.